The molecule has 2 aromatic carbocycles. The molecule has 0 aliphatic heterocycles. The second kappa shape index (κ2) is 7.92. The molecule has 2 N–H and O–H groups in total. The third-order valence-corrected chi connectivity index (χ3v) is 4.41. The van der Waals surface area contributed by atoms with E-state index in [0.29, 0.717) is 12.1 Å². The smallest absolute Gasteiger partial charge is 0.227 e. The van der Waals surface area contributed by atoms with E-state index in [4.69, 9.17) is 0 Å². The van der Waals surface area contributed by atoms with Crippen molar-refractivity contribution in [3.05, 3.63) is 65.5 Å². The van der Waals surface area contributed by atoms with Gasteiger partial charge in [0.25, 0.3) is 0 Å². The largest absolute Gasteiger partial charge is 0.352 e. The number of carbonyl (C=O) groups is 2. The van der Waals surface area contributed by atoms with E-state index in [1.807, 2.05) is 24.3 Å². The van der Waals surface area contributed by atoms with Gasteiger partial charge in [0.05, 0.1) is 6.42 Å². The Morgan fingerprint density at radius 3 is 2.52 bits per heavy atom. The summed E-state index contributed by atoms with van der Waals surface area (Å²) in [7, 11) is 0. The van der Waals surface area contributed by atoms with Crippen LogP contribution in [0.25, 0.3) is 0 Å². The second-order valence-corrected chi connectivity index (χ2v) is 6.40. The average Bonchev–Trinajstić information content (AvgIpc) is 2.51. The van der Waals surface area contributed by atoms with Crippen molar-refractivity contribution < 1.29 is 14.0 Å². The molecule has 0 heterocycles. The van der Waals surface area contributed by atoms with Gasteiger partial charge >= 0.3 is 0 Å². The molecule has 1 saturated carbocycles. The van der Waals surface area contributed by atoms with Crippen LogP contribution in [0.15, 0.2) is 48.5 Å². The Morgan fingerprint density at radius 1 is 1.04 bits per heavy atom. The van der Waals surface area contributed by atoms with E-state index in [1.165, 1.54) is 12.1 Å². The summed E-state index contributed by atoms with van der Waals surface area (Å²) in [5.74, 6) is -0.317. The fraction of sp³-hybridized carbons (Fsp3) is 0.300. The van der Waals surface area contributed by atoms with Crippen LogP contribution in [0.3, 0.4) is 0 Å². The van der Waals surface area contributed by atoms with Gasteiger partial charge in [-0.25, -0.2) is 4.39 Å². The number of rotatable bonds is 6. The van der Waals surface area contributed by atoms with Crippen molar-refractivity contribution in [2.75, 3.05) is 5.32 Å². The number of carbonyl (C=O) groups excluding carboxylic acids is 2. The van der Waals surface area contributed by atoms with Crippen LogP contribution in [0.4, 0.5) is 10.1 Å². The number of hydrogen-bond donors (Lipinski definition) is 2. The van der Waals surface area contributed by atoms with Crippen molar-refractivity contribution in [2.24, 2.45) is 5.92 Å². The molecule has 0 aromatic heterocycles. The zero-order valence-corrected chi connectivity index (χ0v) is 13.9. The van der Waals surface area contributed by atoms with E-state index < -0.39 is 0 Å². The predicted octanol–water partition coefficient (Wildman–Crippen LogP) is 3.42. The Kier molecular flexibility index (Phi) is 5.43. The fourth-order valence-electron chi connectivity index (χ4n) is 2.77. The van der Waals surface area contributed by atoms with Gasteiger partial charge in [0, 0.05) is 18.2 Å². The van der Waals surface area contributed by atoms with Crippen LogP contribution >= 0.6 is 0 Å². The molecule has 2 aromatic rings. The third kappa shape index (κ3) is 4.89. The molecular formula is C20H21FN2O2. The summed E-state index contributed by atoms with van der Waals surface area (Å²) >= 11 is 0. The maximum absolute atomic E-state index is 13.1. The first-order valence-corrected chi connectivity index (χ1v) is 8.51. The first-order chi connectivity index (χ1) is 12.1. The Labute approximate surface area is 146 Å². The van der Waals surface area contributed by atoms with Crippen LogP contribution in [0.1, 0.15) is 30.4 Å². The lowest BCUT2D eigenvalue weighted by atomic mass is 9.85. The molecule has 25 heavy (non-hydrogen) atoms. The second-order valence-electron chi connectivity index (χ2n) is 6.40. The van der Waals surface area contributed by atoms with Gasteiger partial charge in [-0.3, -0.25) is 9.59 Å². The van der Waals surface area contributed by atoms with E-state index in [2.05, 4.69) is 10.6 Å². The summed E-state index contributed by atoms with van der Waals surface area (Å²) < 4.78 is 13.1. The maximum Gasteiger partial charge on any atom is 0.227 e. The summed E-state index contributed by atoms with van der Waals surface area (Å²) in [6.45, 7) is 0.362. The molecule has 0 atom stereocenters. The molecule has 0 radical (unpaired) electrons. The van der Waals surface area contributed by atoms with Crippen molar-refractivity contribution >= 4 is 17.5 Å². The fourth-order valence-corrected chi connectivity index (χ4v) is 2.77. The van der Waals surface area contributed by atoms with Crippen molar-refractivity contribution in [3.63, 3.8) is 0 Å². The average molecular weight is 340 g/mol. The highest BCUT2D eigenvalue weighted by atomic mass is 19.1. The number of nitrogens with one attached hydrogen (secondary N) is 2. The van der Waals surface area contributed by atoms with Gasteiger partial charge in [-0.2, -0.15) is 0 Å². The van der Waals surface area contributed by atoms with E-state index in [-0.39, 0.29) is 30.0 Å². The van der Waals surface area contributed by atoms with Crippen LogP contribution in [0.5, 0.6) is 0 Å². The van der Waals surface area contributed by atoms with Gasteiger partial charge in [-0.15, -0.1) is 0 Å². The Balaban J connectivity index is 1.51. The number of amides is 2. The summed E-state index contributed by atoms with van der Waals surface area (Å²) in [6, 6.07) is 13.5. The van der Waals surface area contributed by atoms with Crippen molar-refractivity contribution in [2.45, 2.75) is 32.2 Å². The summed E-state index contributed by atoms with van der Waals surface area (Å²) in [5.41, 5.74) is 2.28. The van der Waals surface area contributed by atoms with Crippen molar-refractivity contribution in [1.82, 2.24) is 5.32 Å². The number of hydrogen-bond acceptors (Lipinski definition) is 2. The number of anilines is 1. The van der Waals surface area contributed by atoms with Gasteiger partial charge in [0.2, 0.25) is 11.8 Å². The Hall–Kier alpha value is -2.69. The molecule has 0 bridgehead atoms. The quantitative estimate of drug-likeness (QED) is 0.846. The number of halogens is 1. The minimum atomic E-state index is -0.347. The highest BCUT2D eigenvalue weighted by Crippen LogP contribution is 2.27. The molecule has 0 saturated heterocycles. The minimum absolute atomic E-state index is 0.0681. The van der Waals surface area contributed by atoms with Crippen LogP contribution in [0.2, 0.25) is 0 Å². The highest BCUT2D eigenvalue weighted by molar-refractivity contribution is 5.93. The first-order valence-electron chi connectivity index (χ1n) is 8.51. The monoisotopic (exact) mass is 340 g/mol. The van der Waals surface area contributed by atoms with Crippen molar-refractivity contribution in [1.29, 1.82) is 0 Å². The summed E-state index contributed by atoms with van der Waals surface area (Å²) in [6.07, 6.45) is 3.18. The summed E-state index contributed by atoms with van der Waals surface area (Å²) in [4.78, 5) is 24.0. The zero-order valence-electron chi connectivity index (χ0n) is 13.9. The lowest BCUT2D eigenvalue weighted by Gasteiger charge is -2.24. The topological polar surface area (TPSA) is 58.2 Å². The molecule has 130 valence electrons. The SMILES string of the molecule is O=C(Cc1cccc(F)c1)NCc1cccc(NC(=O)C2CCC2)c1. The highest BCUT2D eigenvalue weighted by Gasteiger charge is 2.25. The van der Waals surface area contributed by atoms with Gasteiger partial charge in [-0.05, 0) is 48.2 Å². The van der Waals surface area contributed by atoms with Crippen LogP contribution in [-0.2, 0) is 22.6 Å². The van der Waals surface area contributed by atoms with E-state index >= 15 is 0 Å². The lowest BCUT2D eigenvalue weighted by Crippen LogP contribution is -2.28. The number of benzene rings is 2. The van der Waals surface area contributed by atoms with Crippen LogP contribution in [0, 0.1) is 11.7 Å². The normalized spacial score (nSPS) is 13.8. The van der Waals surface area contributed by atoms with Gasteiger partial charge in [0.15, 0.2) is 0 Å². The molecular weight excluding hydrogens is 319 g/mol. The van der Waals surface area contributed by atoms with E-state index in [0.717, 1.165) is 30.5 Å². The van der Waals surface area contributed by atoms with E-state index in [1.54, 1.807) is 12.1 Å². The van der Waals surface area contributed by atoms with Gasteiger partial charge < -0.3 is 10.6 Å². The first kappa shape index (κ1) is 17.1. The molecule has 0 spiro atoms. The molecule has 1 aliphatic rings. The molecule has 5 heteroatoms. The summed E-state index contributed by atoms with van der Waals surface area (Å²) in [5, 5.41) is 5.74. The standard InChI is InChI=1S/C20H21FN2O2/c21-17-8-1-4-14(10-17)12-19(24)22-13-15-5-2-9-18(11-15)23-20(25)16-6-3-7-16/h1-2,4-5,8-11,16H,3,6-7,12-13H2,(H,22,24)(H,23,25). The lowest BCUT2D eigenvalue weighted by molar-refractivity contribution is -0.122. The van der Waals surface area contributed by atoms with Gasteiger partial charge in [-0.1, -0.05) is 30.7 Å². The van der Waals surface area contributed by atoms with Crippen LogP contribution in [-0.4, -0.2) is 11.8 Å². The maximum atomic E-state index is 13.1. The third-order valence-electron chi connectivity index (χ3n) is 4.41. The van der Waals surface area contributed by atoms with Gasteiger partial charge in [0.1, 0.15) is 5.82 Å². The Morgan fingerprint density at radius 2 is 1.80 bits per heavy atom. The van der Waals surface area contributed by atoms with Crippen LogP contribution < -0.4 is 10.6 Å². The molecule has 4 nitrogen and oxygen atoms in total. The molecule has 3 rings (SSSR count). The molecule has 0 unspecified atom stereocenters. The van der Waals surface area contributed by atoms with Crippen molar-refractivity contribution in [3.8, 4) is 0 Å². The molecule has 2 amide bonds. The minimum Gasteiger partial charge on any atom is -0.352 e. The molecule has 1 aliphatic carbocycles. The zero-order chi connectivity index (χ0) is 17.6. The predicted molar refractivity (Wildman–Crippen MR) is 94.4 cm³/mol. The molecule has 1 fully saturated rings. The van der Waals surface area contributed by atoms with E-state index in [9.17, 15) is 14.0 Å². The Bertz CT molecular complexity index is 772.